The molecule has 1 aromatic carbocycles. The first kappa shape index (κ1) is 10.8. The summed E-state index contributed by atoms with van der Waals surface area (Å²) in [6, 6.07) is 2.56. The number of aryl methyl sites for hydroxylation is 1. The molecule has 3 nitrogen and oxygen atoms in total. The molecule has 0 saturated heterocycles. The molecule has 14 heavy (non-hydrogen) atoms. The van der Waals surface area contributed by atoms with E-state index in [9.17, 15) is 9.50 Å². The third-order valence-corrected chi connectivity index (χ3v) is 2.00. The van der Waals surface area contributed by atoms with Crippen molar-refractivity contribution in [1.82, 2.24) is 0 Å². The SMILES string of the molecule is COc1cc(O)c(CCCN)cc1F. The topological polar surface area (TPSA) is 55.5 Å². The molecule has 3 N–H and O–H groups in total. The van der Waals surface area contributed by atoms with Crippen LogP contribution in [0.5, 0.6) is 11.5 Å². The molecule has 0 unspecified atom stereocenters. The molecule has 4 heteroatoms. The Morgan fingerprint density at radius 2 is 2.21 bits per heavy atom. The van der Waals surface area contributed by atoms with Gasteiger partial charge in [-0.1, -0.05) is 0 Å². The van der Waals surface area contributed by atoms with Crippen molar-refractivity contribution in [2.75, 3.05) is 13.7 Å². The number of hydrogen-bond acceptors (Lipinski definition) is 3. The summed E-state index contributed by atoms with van der Waals surface area (Å²) in [5.74, 6) is -0.354. The number of aromatic hydroxyl groups is 1. The number of ether oxygens (including phenoxy) is 1. The van der Waals surface area contributed by atoms with Crippen molar-refractivity contribution < 1.29 is 14.2 Å². The Morgan fingerprint density at radius 3 is 2.79 bits per heavy atom. The van der Waals surface area contributed by atoms with Crippen LogP contribution in [0, 0.1) is 5.82 Å². The van der Waals surface area contributed by atoms with E-state index in [1.165, 1.54) is 19.2 Å². The molecule has 1 aromatic rings. The van der Waals surface area contributed by atoms with Gasteiger partial charge in [0.1, 0.15) is 5.75 Å². The highest BCUT2D eigenvalue weighted by Crippen LogP contribution is 2.27. The highest BCUT2D eigenvalue weighted by molar-refractivity contribution is 5.40. The third-order valence-electron chi connectivity index (χ3n) is 2.00. The molecule has 78 valence electrons. The van der Waals surface area contributed by atoms with Crippen LogP contribution >= 0.6 is 0 Å². The van der Waals surface area contributed by atoms with Crippen molar-refractivity contribution in [3.63, 3.8) is 0 Å². The third kappa shape index (κ3) is 2.35. The predicted molar refractivity (Wildman–Crippen MR) is 52.0 cm³/mol. The molecule has 0 spiro atoms. The summed E-state index contributed by atoms with van der Waals surface area (Å²) in [4.78, 5) is 0. The van der Waals surface area contributed by atoms with E-state index in [4.69, 9.17) is 10.5 Å². The van der Waals surface area contributed by atoms with Gasteiger partial charge in [-0.3, -0.25) is 0 Å². The Bertz CT molecular complexity index is 315. The van der Waals surface area contributed by atoms with Crippen LogP contribution in [-0.4, -0.2) is 18.8 Å². The Balaban J connectivity index is 2.90. The standard InChI is InChI=1S/C10H14FNO2/c1-14-10-6-9(13)7(3-2-4-12)5-8(10)11/h5-6,13H,2-4,12H2,1H3. The lowest BCUT2D eigenvalue weighted by molar-refractivity contribution is 0.379. The summed E-state index contributed by atoms with van der Waals surface area (Å²) < 4.78 is 17.9. The van der Waals surface area contributed by atoms with Gasteiger partial charge in [0.2, 0.25) is 0 Å². The minimum atomic E-state index is -0.461. The van der Waals surface area contributed by atoms with Gasteiger partial charge >= 0.3 is 0 Å². The van der Waals surface area contributed by atoms with Crippen molar-refractivity contribution >= 4 is 0 Å². The quantitative estimate of drug-likeness (QED) is 0.771. The van der Waals surface area contributed by atoms with Crippen molar-refractivity contribution in [2.24, 2.45) is 5.73 Å². The molecule has 0 radical (unpaired) electrons. The fourth-order valence-electron chi connectivity index (χ4n) is 1.23. The maximum absolute atomic E-state index is 13.2. The minimum absolute atomic E-state index is 0.0525. The maximum atomic E-state index is 13.2. The van der Waals surface area contributed by atoms with Gasteiger partial charge in [0.15, 0.2) is 11.6 Å². The molecule has 1 rings (SSSR count). The molecule has 0 aliphatic rings. The van der Waals surface area contributed by atoms with Crippen LogP contribution in [-0.2, 0) is 6.42 Å². The maximum Gasteiger partial charge on any atom is 0.165 e. The van der Waals surface area contributed by atoms with E-state index in [0.29, 0.717) is 18.5 Å². The zero-order valence-electron chi connectivity index (χ0n) is 8.09. The molecule has 0 aromatic heterocycles. The first-order valence-electron chi connectivity index (χ1n) is 4.44. The van der Waals surface area contributed by atoms with Crippen LogP contribution in [0.4, 0.5) is 4.39 Å². The average Bonchev–Trinajstić information content (AvgIpc) is 2.18. The molecule has 0 atom stereocenters. The second-order valence-corrected chi connectivity index (χ2v) is 3.01. The van der Waals surface area contributed by atoms with Gasteiger partial charge in [-0.25, -0.2) is 4.39 Å². The highest BCUT2D eigenvalue weighted by atomic mass is 19.1. The van der Waals surface area contributed by atoms with Crippen LogP contribution < -0.4 is 10.5 Å². The molecule has 0 heterocycles. The van der Waals surface area contributed by atoms with E-state index in [2.05, 4.69) is 0 Å². The lowest BCUT2D eigenvalue weighted by atomic mass is 10.1. The summed E-state index contributed by atoms with van der Waals surface area (Å²) in [6.45, 7) is 0.521. The Labute approximate surface area is 82.3 Å². The van der Waals surface area contributed by atoms with Crippen molar-refractivity contribution in [1.29, 1.82) is 0 Å². The fraction of sp³-hybridized carbons (Fsp3) is 0.400. The normalized spacial score (nSPS) is 10.2. The van der Waals surface area contributed by atoms with Crippen molar-refractivity contribution in [3.05, 3.63) is 23.5 Å². The zero-order chi connectivity index (χ0) is 10.6. The molecule has 0 aliphatic heterocycles. The number of methoxy groups -OCH3 is 1. The summed E-state index contributed by atoms with van der Waals surface area (Å²) in [5.41, 5.74) is 5.88. The molecule has 0 amide bonds. The Hall–Kier alpha value is -1.29. The summed E-state index contributed by atoms with van der Waals surface area (Å²) >= 11 is 0. The van der Waals surface area contributed by atoms with Gasteiger partial charge in [0.25, 0.3) is 0 Å². The largest absolute Gasteiger partial charge is 0.508 e. The summed E-state index contributed by atoms with van der Waals surface area (Å²) in [6.07, 6.45) is 1.29. The van der Waals surface area contributed by atoms with Gasteiger partial charge in [-0.15, -0.1) is 0 Å². The van der Waals surface area contributed by atoms with Gasteiger partial charge in [-0.2, -0.15) is 0 Å². The van der Waals surface area contributed by atoms with Crippen molar-refractivity contribution in [2.45, 2.75) is 12.8 Å². The molecular weight excluding hydrogens is 185 g/mol. The number of phenols is 1. The first-order valence-corrected chi connectivity index (χ1v) is 4.44. The number of nitrogens with two attached hydrogens (primary N) is 1. The molecule has 0 saturated carbocycles. The minimum Gasteiger partial charge on any atom is -0.508 e. The second kappa shape index (κ2) is 4.81. The predicted octanol–water partition coefficient (Wildman–Crippen LogP) is 1.43. The monoisotopic (exact) mass is 199 g/mol. The van der Waals surface area contributed by atoms with Gasteiger partial charge in [0, 0.05) is 6.07 Å². The number of hydrogen-bond donors (Lipinski definition) is 2. The fourth-order valence-corrected chi connectivity index (χ4v) is 1.23. The number of phenolic OH excluding ortho intramolecular Hbond substituents is 1. The van der Waals surface area contributed by atoms with E-state index in [0.717, 1.165) is 6.42 Å². The Morgan fingerprint density at radius 1 is 1.50 bits per heavy atom. The second-order valence-electron chi connectivity index (χ2n) is 3.01. The van der Waals surface area contributed by atoms with E-state index in [1.807, 2.05) is 0 Å². The highest BCUT2D eigenvalue weighted by Gasteiger charge is 2.08. The average molecular weight is 199 g/mol. The van der Waals surface area contributed by atoms with Crippen LogP contribution in [0.1, 0.15) is 12.0 Å². The van der Waals surface area contributed by atoms with Gasteiger partial charge in [-0.05, 0) is 31.0 Å². The summed E-state index contributed by atoms with van der Waals surface area (Å²) in [7, 11) is 1.36. The van der Waals surface area contributed by atoms with Gasteiger partial charge < -0.3 is 15.6 Å². The Kier molecular flexibility index (Phi) is 3.71. The lowest BCUT2D eigenvalue weighted by Crippen LogP contribution is -2.01. The number of halogens is 1. The molecule has 0 fully saturated rings. The summed E-state index contributed by atoms with van der Waals surface area (Å²) in [5, 5.41) is 9.49. The molecular formula is C10H14FNO2. The van der Waals surface area contributed by atoms with E-state index in [1.54, 1.807) is 0 Å². The van der Waals surface area contributed by atoms with E-state index >= 15 is 0 Å². The number of rotatable bonds is 4. The van der Waals surface area contributed by atoms with Gasteiger partial charge in [0.05, 0.1) is 7.11 Å². The number of benzene rings is 1. The first-order chi connectivity index (χ1) is 6.69. The van der Waals surface area contributed by atoms with Crippen LogP contribution in [0.15, 0.2) is 12.1 Å². The van der Waals surface area contributed by atoms with E-state index < -0.39 is 5.82 Å². The van der Waals surface area contributed by atoms with E-state index in [-0.39, 0.29) is 11.5 Å². The zero-order valence-corrected chi connectivity index (χ0v) is 8.09. The van der Waals surface area contributed by atoms with Crippen molar-refractivity contribution in [3.8, 4) is 11.5 Å². The molecule has 0 aliphatic carbocycles. The molecule has 0 bridgehead atoms. The lowest BCUT2D eigenvalue weighted by Gasteiger charge is -2.07. The van der Waals surface area contributed by atoms with Crippen LogP contribution in [0.25, 0.3) is 0 Å². The van der Waals surface area contributed by atoms with Crippen LogP contribution in [0.2, 0.25) is 0 Å². The van der Waals surface area contributed by atoms with Crippen LogP contribution in [0.3, 0.4) is 0 Å². The smallest absolute Gasteiger partial charge is 0.165 e.